The predicted molar refractivity (Wildman–Crippen MR) is 123 cm³/mol. The first-order valence-electron chi connectivity index (χ1n) is 10.8. The van der Waals surface area contributed by atoms with Gasteiger partial charge in [0.25, 0.3) is 5.91 Å². The molecule has 10 heteroatoms. The number of hydrogen-bond donors (Lipinski definition) is 3. The molecular formula is C21H32N6O3S. The van der Waals surface area contributed by atoms with Crippen LogP contribution in [0.2, 0.25) is 0 Å². The van der Waals surface area contributed by atoms with Crippen molar-refractivity contribution < 1.29 is 14.4 Å². The topological polar surface area (TPSA) is 126 Å². The number of carbonyl (C=O) groups excluding carboxylic acids is 2. The summed E-state index contributed by atoms with van der Waals surface area (Å²) in [6.45, 7) is 7.32. The molecule has 9 nitrogen and oxygen atoms in total. The van der Waals surface area contributed by atoms with Gasteiger partial charge in [0, 0.05) is 36.5 Å². The Bertz CT molecular complexity index is 861. The van der Waals surface area contributed by atoms with Gasteiger partial charge >= 0.3 is 6.03 Å². The second kappa shape index (κ2) is 10.7. The minimum absolute atomic E-state index is 0.184. The third kappa shape index (κ3) is 6.05. The highest BCUT2D eigenvalue weighted by Gasteiger charge is 2.24. The Morgan fingerprint density at radius 2 is 2.10 bits per heavy atom. The first-order valence-corrected chi connectivity index (χ1v) is 11.6. The molecular weight excluding hydrogens is 416 g/mol. The fourth-order valence-corrected chi connectivity index (χ4v) is 4.71. The summed E-state index contributed by atoms with van der Waals surface area (Å²) in [6, 6.07) is 1.58. The van der Waals surface area contributed by atoms with Crippen molar-refractivity contribution in [2.45, 2.75) is 33.1 Å². The number of primary amides is 1. The molecule has 3 heterocycles. The molecule has 0 radical (unpaired) electrons. The fraction of sp³-hybridized carbons (Fsp3) is 0.571. The minimum atomic E-state index is -0.506. The number of aliphatic imine (C=N–C) groups is 1. The van der Waals surface area contributed by atoms with Gasteiger partial charge in [-0.1, -0.05) is 6.92 Å². The zero-order valence-electron chi connectivity index (χ0n) is 18.2. The van der Waals surface area contributed by atoms with Gasteiger partial charge in [0.15, 0.2) is 0 Å². The lowest BCUT2D eigenvalue weighted by molar-refractivity contribution is -0.183. The zero-order chi connectivity index (χ0) is 22.4. The van der Waals surface area contributed by atoms with E-state index in [1.807, 2.05) is 19.9 Å². The van der Waals surface area contributed by atoms with E-state index in [2.05, 4.69) is 16.4 Å². The number of nitrogens with two attached hydrogens (primary N) is 2. The lowest BCUT2D eigenvalue weighted by atomic mass is 9.98. The van der Waals surface area contributed by atoms with Crippen LogP contribution in [0.15, 0.2) is 16.6 Å². The summed E-state index contributed by atoms with van der Waals surface area (Å²) in [7, 11) is 0. The maximum absolute atomic E-state index is 13.2. The number of fused-ring (bicyclic) bond motifs is 1. The van der Waals surface area contributed by atoms with Crippen LogP contribution in [0.4, 0.5) is 10.5 Å². The number of urea groups is 1. The third-order valence-electron chi connectivity index (χ3n) is 5.32. The van der Waals surface area contributed by atoms with Crippen molar-refractivity contribution in [1.82, 2.24) is 15.3 Å². The van der Waals surface area contributed by atoms with Gasteiger partial charge in [-0.05, 0) is 50.9 Å². The highest BCUT2D eigenvalue weighted by molar-refractivity contribution is 7.13. The molecule has 31 heavy (non-hydrogen) atoms. The zero-order valence-corrected chi connectivity index (χ0v) is 19.0. The van der Waals surface area contributed by atoms with E-state index in [1.165, 1.54) is 14.8 Å². The van der Waals surface area contributed by atoms with Gasteiger partial charge in [-0.3, -0.25) is 9.63 Å². The minimum Gasteiger partial charge on any atom is -0.387 e. The van der Waals surface area contributed by atoms with E-state index >= 15 is 0 Å². The monoisotopic (exact) mass is 448 g/mol. The summed E-state index contributed by atoms with van der Waals surface area (Å²) in [5.74, 6) is 0.841. The van der Waals surface area contributed by atoms with Crippen LogP contribution in [-0.4, -0.2) is 67.1 Å². The molecule has 0 atom stereocenters. The Balaban J connectivity index is 1.71. The van der Waals surface area contributed by atoms with Crippen molar-refractivity contribution in [2.75, 3.05) is 39.3 Å². The quantitative estimate of drug-likeness (QED) is 0.471. The summed E-state index contributed by atoms with van der Waals surface area (Å²) >= 11 is 1.67. The van der Waals surface area contributed by atoms with Crippen molar-refractivity contribution in [1.29, 1.82) is 0 Å². The van der Waals surface area contributed by atoms with E-state index in [1.54, 1.807) is 11.3 Å². The maximum atomic E-state index is 13.2. The van der Waals surface area contributed by atoms with Gasteiger partial charge in [0.1, 0.15) is 5.84 Å². The molecule has 0 aromatic carbocycles. The van der Waals surface area contributed by atoms with E-state index in [9.17, 15) is 9.59 Å². The number of thiophene rings is 1. The summed E-state index contributed by atoms with van der Waals surface area (Å²) in [5, 5.41) is 4.65. The summed E-state index contributed by atoms with van der Waals surface area (Å²) in [5.41, 5.74) is 12.8. The van der Waals surface area contributed by atoms with E-state index < -0.39 is 6.03 Å². The molecule has 3 amide bonds. The molecule has 0 spiro atoms. The fourth-order valence-electron chi connectivity index (χ4n) is 3.52. The number of amides is 3. The second-order valence-electron chi connectivity index (χ2n) is 7.80. The van der Waals surface area contributed by atoms with Crippen LogP contribution in [0.5, 0.6) is 0 Å². The van der Waals surface area contributed by atoms with Gasteiger partial charge < -0.3 is 21.7 Å². The second-order valence-corrected chi connectivity index (χ2v) is 8.97. The Labute approximate surface area is 187 Å². The number of nitrogens with one attached hydrogen (secondary N) is 1. The first-order chi connectivity index (χ1) is 14.9. The predicted octanol–water partition coefficient (Wildman–Crippen LogP) is 1.86. The van der Waals surface area contributed by atoms with E-state index in [4.69, 9.17) is 16.3 Å². The van der Waals surface area contributed by atoms with Crippen LogP contribution < -0.4 is 16.8 Å². The molecule has 1 fully saturated rings. The molecule has 1 aromatic rings. The summed E-state index contributed by atoms with van der Waals surface area (Å²) in [4.78, 5) is 38.5. The molecule has 1 saturated heterocycles. The van der Waals surface area contributed by atoms with Crippen LogP contribution in [0.1, 0.15) is 36.4 Å². The van der Waals surface area contributed by atoms with E-state index in [-0.39, 0.29) is 18.9 Å². The maximum Gasteiger partial charge on any atom is 0.314 e. The number of hydrogen-bond acceptors (Lipinski definition) is 7. The van der Waals surface area contributed by atoms with Gasteiger partial charge in [-0.15, -0.1) is 11.3 Å². The molecule has 5 N–H and O–H groups in total. The molecule has 0 saturated carbocycles. The first kappa shape index (κ1) is 23.2. The lowest BCUT2D eigenvalue weighted by Gasteiger charge is -2.26. The summed E-state index contributed by atoms with van der Waals surface area (Å²) in [6.07, 6.45) is 3.91. The Kier molecular flexibility index (Phi) is 8.05. The van der Waals surface area contributed by atoms with Crippen LogP contribution in [0.3, 0.4) is 0 Å². The molecule has 2 aliphatic heterocycles. The molecule has 0 aliphatic carbocycles. The van der Waals surface area contributed by atoms with Crippen molar-refractivity contribution in [2.24, 2.45) is 22.4 Å². The normalized spacial score (nSPS) is 15.9. The van der Waals surface area contributed by atoms with Crippen molar-refractivity contribution in [3.8, 4) is 0 Å². The van der Waals surface area contributed by atoms with Crippen molar-refractivity contribution in [3.63, 3.8) is 0 Å². The Hall–Kier alpha value is -2.43. The van der Waals surface area contributed by atoms with Crippen LogP contribution in [-0.2, 0) is 16.1 Å². The molecule has 170 valence electrons. The number of amidine groups is 1. The largest absolute Gasteiger partial charge is 0.387 e. The lowest BCUT2D eigenvalue weighted by Crippen LogP contribution is -2.42. The molecule has 1 aromatic heterocycles. The molecule has 2 aliphatic rings. The summed E-state index contributed by atoms with van der Waals surface area (Å²) < 4.78 is 0. The van der Waals surface area contributed by atoms with Crippen molar-refractivity contribution >= 4 is 40.9 Å². The smallest absolute Gasteiger partial charge is 0.314 e. The number of hydroxylamine groups is 2. The molecule has 3 rings (SSSR count). The average molecular weight is 449 g/mol. The number of likely N-dealkylation sites (N-methyl/N-ethyl adjacent to an activating group) is 1. The standard InChI is InChI=1S/C21H32N6O3S/c1-3-5-27(30-7-6-26(4-2)21(23)29)20(28)15-9-18-17(25-19(22)10-15)11-16(31-18)8-14-12-24-13-14/h9,11,14,24H,3-8,10,12-13H2,1-2H3,(H2,22,25)(H2,23,29). The highest BCUT2D eigenvalue weighted by atomic mass is 32.1. The van der Waals surface area contributed by atoms with Crippen molar-refractivity contribution in [3.05, 3.63) is 21.4 Å². The van der Waals surface area contributed by atoms with Gasteiger partial charge in [-0.2, -0.15) is 0 Å². The van der Waals surface area contributed by atoms with E-state index in [0.29, 0.717) is 37.0 Å². The number of carbonyl (C=O) groups is 2. The van der Waals surface area contributed by atoms with Crippen LogP contribution in [0, 0.1) is 5.92 Å². The highest BCUT2D eigenvalue weighted by Crippen LogP contribution is 2.36. The molecule has 0 bridgehead atoms. The van der Waals surface area contributed by atoms with Gasteiger partial charge in [-0.25, -0.2) is 14.9 Å². The average Bonchev–Trinajstić information content (AvgIpc) is 2.99. The number of rotatable bonds is 10. The van der Waals surface area contributed by atoms with Gasteiger partial charge in [0.2, 0.25) is 0 Å². The number of nitrogens with zero attached hydrogens (tertiary/aromatic N) is 3. The Morgan fingerprint density at radius 1 is 1.32 bits per heavy atom. The van der Waals surface area contributed by atoms with Crippen LogP contribution >= 0.6 is 11.3 Å². The van der Waals surface area contributed by atoms with E-state index in [0.717, 1.165) is 36.5 Å². The third-order valence-corrected chi connectivity index (χ3v) is 6.41. The van der Waals surface area contributed by atoms with Crippen LogP contribution in [0.25, 0.3) is 6.08 Å². The SMILES string of the molecule is CCCN(OCCN(CC)C(N)=O)C(=O)C1=Cc2sc(CC3CNC3)cc2N=C(N)C1. The Morgan fingerprint density at radius 3 is 2.71 bits per heavy atom. The molecule has 0 unspecified atom stereocenters. The van der Waals surface area contributed by atoms with Gasteiger partial charge in [0.05, 0.1) is 17.2 Å².